The Hall–Kier alpha value is -3.05. The molecule has 0 saturated carbocycles. The average Bonchev–Trinajstić information content (AvgIpc) is 3.04. The summed E-state index contributed by atoms with van der Waals surface area (Å²) in [6, 6.07) is 16.2. The van der Waals surface area contributed by atoms with Crippen LogP contribution in [0.25, 0.3) is 16.6 Å². The Balaban J connectivity index is 1.96. The van der Waals surface area contributed by atoms with E-state index in [1.165, 1.54) is 0 Å². The van der Waals surface area contributed by atoms with Crippen molar-refractivity contribution in [3.05, 3.63) is 71.4 Å². The predicted molar refractivity (Wildman–Crippen MR) is 94.4 cm³/mol. The van der Waals surface area contributed by atoms with Gasteiger partial charge in [-0.15, -0.1) is 0 Å². The summed E-state index contributed by atoms with van der Waals surface area (Å²) in [4.78, 5) is 16.1. The number of aromatic carboxylic acids is 1. The summed E-state index contributed by atoms with van der Waals surface area (Å²) in [5, 5.41) is 13.3. The fourth-order valence-corrected chi connectivity index (χ4v) is 2.98. The van der Waals surface area contributed by atoms with Gasteiger partial charge in [0.05, 0.1) is 22.1 Å². The van der Waals surface area contributed by atoms with E-state index in [0.29, 0.717) is 21.9 Å². The number of anilines is 2. The highest BCUT2D eigenvalue weighted by Gasteiger charge is 2.15. The van der Waals surface area contributed by atoms with Gasteiger partial charge in [-0.2, -0.15) is 0 Å². The number of nitrogens with zero attached hydrogens (tertiary/aromatic N) is 2. The zero-order chi connectivity index (χ0) is 16.7. The third-order valence-corrected chi connectivity index (χ3v) is 4.03. The first kappa shape index (κ1) is 14.5. The van der Waals surface area contributed by atoms with Gasteiger partial charge in [0.25, 0.3) is 0 Å². The summed E-state index contributed by atoms with van der Waals surface area (Å²) >= 11 is 6.03. The molecular formula is C18H12ClN3O2. The van der Waals surface area contributed by atoms with E-state index in [4.69, 9.17) is 11.6 Å². The van der Waals surface area contributed by atoms with Crippen LogP contribution in [0.5, 0.6) is 0 Å². The molecule has 6 heteroatoms. The molecule has 0 saturated heterocycles. The molecule has 0 aliphatic rings. The Bertz CT molecular complexity index is 1090. The molecule has 0 bridgehead atoms. The Labute approximate surface area is 142 Å². The van der Waals surface area contributed by atoms with E-state index in [2.05, 4.69) is 10.3 Å². The van der Waals surface area contributed by atoms with Gasteiger partial charge >= 0.3 is 5.97 Å². The second kappa shape index (κ2) is 5.54. The molecule has 2 aromatic carbocycles. The van der Waals surface area contributed by atoms with Crippen molar-refractivity contribution in [2.75, 3.05) is 5.32 Å². The van der Waals surface area contributed by atoms with Crippen LogP contribution < -0.4 is 5.32 Å². The van der Waals surface area contributed by atoms with Crippen LogP contribution in [-0.4, -0.2) is 20.5 Å². The molecule has 0 spiro atoms. The topological polar surface area (TPSA) is 66.6 Å². The molecule has 2 aromatic heterocycles. The lowest BCUT2D eigenvalue weighted by atomic mass is 10.1. The molecule has 0 aliphatic carbocycles. The van der Waals surface area contributed by atoms with Crippen LogP contribution in [0.1, 0.15) is 10.4 Å². The van der Waals surface area contributed by atoms with Crippen LogP contribution in [-0.2, 0) is 0 Å². The van der Waals surface area contributed by atoms with Crippen LogP contribution in [0.4, 0.5) is 11.5 Å². The van der Waals surface area contributed by atoms with Gasteiger partial charge < -0.3 is 14.8 Å². The van der Waals surface area contributed by atoms with Crippen molar-refractivity contribution in [2.45, 2.75) is 0 Å². The van der Waals surface area contributed by atoms with Crippen LogP contribution in [0.15, 0.2) is 60.8 Å². The van der Waals surface area contributed by atoms with Gasteiger partial charge in [-0.25, -0.2) is 9.78 Å². The summed E-state index contributed by atoms with van der Waals surface area (Å²) in [5.74, 6) is -0.342. The number of hydrogen-bond donors (Lipinski definition) is 2. The van der Waals surface area contributed by atoms with Gasteiger partial charge in [-0.1, -0.05) is 23.7 Å². The molecular weight excluding hydrogens is 326 g/mol. The highest BCUT2D eigenvalue weighted by molar-refractivity contribution is 6.30. The maximum Gasteiger partial charge on any atom is 0.337 e. The van der Waals surface area contributed by atoms with E-state index >= 15 is 0 Å². The zero-order valence-corrected chi connectivity index (χ0v) is 13.2. The van der Waals surface area contributed by atoms with Crippen LogP contribution in [0.2, 0.25) is 5.02 Å². The van der Waals surface area contributed by atoms with Crippen LogP contribution in [0, 0.1) is 0 Å². The molecule has 2 heterocycles. The number of carbonyl (C=O) groups is 1. The van der Waals surface area contributed by atoms with Crippen molar-refractivity contribution in [3.8, 4) is 0 Å². The Kier molecular flexibility index (Phi) is 3.36. The number of nitrogens with one attached hydrogen (secondary N) is 1. The molecule has 0 aliphatic heterocycles. The molecule has 118 valence electrons. The third-order valence-electron chi connectivity index (χ3n) is 3.80. The molecule has 24 heavy (non-hydrogen) atoms. The van der Waals surface area contributed by atoms with Crippen LogP contribution in [0.3, 0.4) is 0 Å². The fraction of sp³-hybridized carbons (Fsp3) is 0. The number of carboxylic acid groups (broad SMARTS) is 1. The smallest absolute Gasteiger partial charge is 0.337 e. The highest BCUT2D eigenvalue weighted by Crippen LogP contribution is 2.28. The molecule has 0 atom stereocenters. The fourth-order valence-electron chi connectivity index (χ4n) is 2.79. The first-order valence-electron chi connectivity index (χ1n) is 7.29. The minimum absolute atomic E-state index is 0.218. The summed E-state index contributed by atoms with van der Waals surface area (Å²) in [6.45, 7) is 0. The summed E-state index contributed by atoms with van der Waals surface area (Å²) in [6.07, 6.45) is 1.83. The normalized spacial score (nSPS) is 11.0. The van der Waals surface area contributed by atoms with E-state index in [-0.39, 0.29) is 5.56 Å². The van der Waals surface area contributed by atoms with Crippen molar-refractivity contribution >= 4 is 45.6 Å². The lowest BCUT2D eigenvalue weighted by Crippen LogP contribution is -2.04. The van der Waals surface area contributed by atoms with Crippen molar-refractivity contribution < 1.29 is 9.90 Å². The summed E-state index contributed by atoms with van der Waals surface area (Å²) in [5.41, 5.74) is 2.99. The maximum atomic E-state index is 11.5. The Morgan fingerprint density at radius 3 is 2.75 bits per heavy atom. The Morgan fingerprint density at radius 2 is 1.96 bits per heavy atom. The van der Waals surface area contributed by atoms with Crippen molar-refractivity contribution in [2.24, 2.45) is 0 Å². The second-order valence-corrected chi connectivity index (χ2v) is 5.77. The Morgan fingerprint density at radius 1 is 1.12 bits per heavy atom. The summed E-state index contributed by atoms with van der Waals surface area (Å²) < 4.78 is 1.83. The number of rotatable bonds is 3. The molecule has 0 fully saturated rings. The van der Waals surface area contributed by atoms with E-state index in [1.54, 1.807) is 30.3 Å². The first-order valence-corrected chi connectivity index (χ1v) is 7.67. The molecule has 2 N–H and O–H groups in total. The minimum atomic E-state index is -0.979. The monoisotopic (exact) mass is 337 g/mol. The van der Waals surface area contributed by atoms with Gasteiger partial charge in [0.15, 0.2) is 5.82 Å². The number of halogens is 1. The second-order valence-electron chi connectivity index (χ2n) is 5.34. The standard InChI is InChI=1S/C18H12ClN3O2/c19-11-4-1-5-12(10-11)20-17-15-8-3-9-22(15)16-13(18(23)24)6-2-7-14(16)21-17/h1-10H,(H,20,21)(H,23,24). The van der Waals surface area contributed by atoms with Gasteiger partial charge in [-0.05, 0) is 42.5 Å². The van der Waals surface area contributed by atoms with E-state index < -0.39 is 5.97 Å². The van der Waals surface area contributed by atoms with Crippen molar-refractivity contribution in [1.82, 2.24) is 9.38 Å². The molecule has 4 aromatic rings. The lowest BCUT2D eigenvalue weighted by molar-refractivity contribution is 0.0698. The summed E-state index contributed by atoms with van der Waals surface area (Å²) in [7, 11) is 0. The van der Waals surface area contributed by atoms with Gasteiger partial charge in [-0.3, -0.25) is 0 Å². The number of para-hydroxylation sites is 1. The third kappa shape index (κ3) is 2.35. The lowest BCUT2D eigenvalue weighted by Gasteiger charge is -2.12. The van der Waals surface area contributed by atoms with E-state index in [9.17, 15) is 9.90 Å². The number of carboxylic acids is 1. The predicted octanol–water partition coefficient (Wildman–Crippen LogP) is 4.58. The molecule has 5 nitrogen and oxygen atoms in total. The number of fused-ring (bicyclic) bond motifs is 3. The molecule has 4 rings (SSSR count). The van der Waals surface area contributed by atoms with Crippen molar-refractivity contribution in [3.63, 3.8) is 0 Å². The largest absolute Gasteiger partial charge is 0.478 e. The van der Waals surface area contributed by atoms with E-state index in [0.717, 1.165) is 11.2 Å². The highest BCUT2D eigenvalue weighted by atomic mass is 35.5. The average molecular weight is 338 g/mol. The SMILES string of the molecule is O=C(O)c1cccc2nc(Nc3cccc(Cl)c3)c3cccn3c12. The minimum Gasteiger partial charge on any atom is -0.478 e. The van der Waals surface area contributed by atoms with Crippen molar-refractivity contribution in [1.29, 1.82) is 0 Å². The number of aromatic nitrogens is 2. The molecule has 0 amide bonds. The number of hydrogen-bond acceptors (Lipinski definition) is 3. The first-order chi connectivity index (χ1) is 11.6. The molecule has 0 unspecified atom stereocenters. The van der Waals surface area contributed by atoms with Gasteiger partial charge in [0.2, 0.25) is 0 Å². The van der Waals surface area contributed by atoms with Gasteiger partial charge in [0, 0.05) is 16.9 Å². The maximum absolute atomic E-state index is 11.5. The van der Waals surface area contributed by atoms with Crippen LogP contribution >= 0.6 is 11.6 Å². The van der Waals surface area contributed by atoms with Gasteiger partial charge in [0.1, 0.15) is 0 Å². The van der Waals surface area contributed by atoms with E-state index in [1.807, 2.05) is 34.9 Å². The number of benzene rings is 2. The quantitative estimate of drug-likeness (QED) is 0.574. The zero-order valence-electron chi connectivity index (χ0n) is 12.4. The molecule has 0 radical (unpaired) electrons.